The van der Waals surface area contributed by atoms with Gasteiger partial charge in [0.2, 0.25) is 0 Å². The number of hydrogen-bond donors (Lipinski definition) is 1. The minimum absolute atomic E-state index is 0.0446. The van der Waals surface area contributed by atoms with Crippen molar-refractivity contribution in [1.82, 2.24) is 4.90 Å². The van der Waals surface area contributed by atoms with Crippen LogP contribution in [0.15, 0.2) is 78.9 Å². The third-order valence-corrected chi connectivity index (χ3v) is 6.10. The Morgan fingerprint density at radius 3 is 2.45 bits per heavy atom. The molecule has 0 aromatic heterocycles. The lowest BCUT2D eigenvalue weighted by Gasteiger charge is -2.35. The number of urea groups is 1. The van der Waals surface area contributed by atoms with Gasteiger partial charge in [-0.05, 0) is 60.9 Å². The van der Waals surface area contributed by atoms with Crippen molar-refractivity contribution < 1.29 is 4.79 Å². The zero-order valence-electron chi connectivity index (χ0n) is 18.3. The predicted molar refractivity (Wildman–Crippen MR) is 129 cm³/mol. The van der Waals surface area contributed by atoms with Gasteiger partial charge < -0.3 is 10.2 Å². The van der Waals surface area contributed by atoms with E-state index in [1.165, 1.54) is 11.1 Å². The molecule has 0 saturated carbocycles. The largest absolute Gasteiger partial charge is 0.322 e. The van der Waals surface area contributed by atoms with Crippen molar-refractivity contribution in [1.29, 1.82) is 0 Å². The maximum atomic E-state index is 13.5. The van der Waals surface area contributed by atoms with E-state index in [4.69, 9.17) is 0 Å². The molecule has 3 nitrogen and oxygen atoms in total. The summed E-state index contributed by atoms with van der Waals surface area (Å²) in [4.78, 5) is 15.5. The number of para-hydroxylation sites is 1. The van der Waals surface area contributed by atoms with Gasteiger partial charge in [0, 0.05) is 12.2 Å². The molecule has 1 atom stereocenters. The van der Waals surface area contributed by atoms with Gasteiger partial charge in [0.15, 0.2) is 0 Å². The second kappa shape index (κ2) is 9.65. The maximum Gasteiger partial charge on any atom is 0.322 e. The van der Waals surface area contributed by atoms with Crippen LogP contribution < -0.4 is 5.32 Å². The highest BCUT2D eigenvalue weighted by molar-refractivity contribution is 5.91. The summed E-state index contributed by atoms with van der Waals surface area (Å²) in [7, 11) is 0. The number of anilines is 1. The molecule has 3 aromatic rings. The summed E-state index contributed by atoms with van der Waals surface area (Å²) in [5.41, 5.74) is 6.85. The first-order valence-electron chi connectivity index (χ1n) is 11.1. The second-order valence-electron chi connectivity index (χ2n) is 8.27. The molecule has 2 amide bonds. The van der Waals surface area contributed by atoms with E-state index in [0.717, 1.165) is 41.6 Å². The summed E-state index contributed by atoms with van der Waals surface area (Å²) in [5.74, 6) is 0. The smallest absolute Gasteiger partial charge is 0.314 e. The first-order chi connectivity index (χ1) is 15.1. The number of nitrogens with zero attached hydrogens (tertiary/aromatic N) is 1. The van der Waals surface area contributed by atoms with Crippen molar-refractivity contribution in [3.8, 4) is 0 Å². The Labute approximate surface area is 185 Å². The van der Waals surface area contributed by atoms with Crippen molar-refractivity contribution in [2.45, 2.75) is 39.2 Å². The van der Waals surface area contributed by atoms with E-state index in [-0.39, 0.29) is 12.1 Å². The topological polar surface area (TPSA) is 32.3 Å². The van der Waals surface area contributed by atoms with Crippen molar-refractivity contribution in [3.05, 3.63) is 107 Å². The van der Waals surface area contributed by atoms with Gasteiger partial charge in [-0.2, -0.15) is 0 Å². The first-order valence-corrected chi connectivity index (χ1v) is 11.1. The van der Waals surface area contributed by atoms with Crippen LogP contribution in [-0.2, 0) is 6.42 Å². The van der Waals surface area contributed by atoms with E-state index in [2.05, 4.69) is 53.9 Å². The molecular formula is C28H30N2O. The van der Waals surface area contributed by atoms with Crippen LogP contribution in [0, 0.1) is 13.8 Å². The summed E-state index contributed by atoms with van der Waals surface area (Å²) in [5, 5.41) is 3.21. The molecular weight excluding hydrogens is 380 g/mol. The molecule has 0 aliphatic heterocycles. The first kappa shape index (κ1) is 20.9. The Morgan fingerprint density at radius 1 is 0.968 bits per heavy atom. The summed E-state index contributed by atoms with van der Waals surface area (Å²) in [6.45, 7) is 4.64. The zero-order chi connectivity index (χ0) is 21.6. The standard InChI is InChI=1S/C28H30N2O/c1-21-11-8-12-22(2)27(21)29-28(31)30(20-10-15-23-13-4-3-5-14-23)26-19-9-17-24-16-6-7-18-25(24)26/h3-8,10-16,18,26H,9,17,19-20H2,1-2H3,(H,29,31)/b15-10+. The van der Waals surface area contributed by atoms with E-state index >= 15 is 0 Å². The van der Waals surface area contributed by atoms with Crippen molar-refractivity contribution in [3.63, 3.8) is 0 Å². The molecule has 0 heterocycles. The molecule has 31 heavy (non-hydrogen) atoms. The lowest BCUT2D eigenvalue weighted by molar-refractivity contribution is 0.188. The SMILES string of the molecule is Cc1cccc(C)c1NC(=O)N(C/C=C/c1ccccc1)C1CCCc2ccccc21. The van der Waals surface area contributed by atoms with E-state index in [1.54, 1.807) is 0 Å². The highest BCUT2D eigenvalue weighted by atomic mass is 16.2. The quantitative estimate of drug-likeness (QED) is 0.486. The van der Waals surface area contributed by atoms with Gasteiger partial charge in [0.25, 0.3) is 0 Å². The van der Waals surface area contributed by atoms with Crippen LogP contribution in [-0.4, -0.2) is 17.5 Å². The molecule has 0 radical (unpaired) electrons. The number of benzene rings is 3. The summed E-state index contributed by atoms with van der Waals surface area (Å²) in [6, 6.07) is 24.9. The number of hydrogen-bond acceptors (Lipinski definition) is 1. The molecule has 3 heteroatoms. The Hall–Kier alpha value is -3.33. The number of nitrogens with one attached hydrogen (secondary N) is 1. The Bertz CT molecular complexity index is 1050. The van der Waals surface area contributed by atoms with Crippen LogP contribution in [0.5, 0.6) is 0 Å². The van der Waals surface area contributed by atoms with Gasteiger partial charge >= 0.3 is 6.03 Å². The molecule has 4 rings (SSSR count). The number of rotatable bonds is 5. The van der Waals surface area contributed by atoms with Crippen LogP contribution in [0.1, 0.15) is 46.7 Å². The Balaban J connectivity index is 1.62. The van der Waals surface area contributed by atoms with Crippen LogP contribution in [0.2, 0.25) is 0 Å². The Morgan fingerprint density at radius 2 is 1.68 bits per heavy atom. The van der Waals surface area contributed by atoms with Crippen LogP contribution in [0.25, 0.3) is 6.08 Å². The number of amides is 2. The second-order valence-corrected chi connectivity index (χ2v) is 8.27. The third kappa shape index (κ3) is 4.88. The molecule has 158 valence electrons. The van der Waals surface area contributed by atoms with Gasteiger partial charge in [-0.25, -0.2) is 4.79 Å². The van der Waals surface area contributed by atoms with Gasteiger partial charge in [-0.1, -0.05) is 84.9 Å². The fourth-order valence-corrected chi connectivity index (χ4v) is 4.46. The lowest BCUT2D eigenvalue weighted by atomic mass is 9.87. The van der Waals surface area contributed by atoms with E-state index in [1.807, 2.05) is 55.1 Å². The molecule has 0 spiro atoms. The van der Waals surface area contributed by atoms with Crippen LogP contribution in [0.4, 0.5) is 10.5 Å². The van der Waals surface area contributed by atoms with Gasteiger partial charge in [0.1, 0.15) is 0 Å². The molecule has 0 bridgehead atoms. The number of aryl methyl sites for hydroxylation is 3. The molecule has 0 fully saturated rings. The fourth-order valence-electron chi connectivity index (χ4n) is 4.46. The highest BCUT2D eigenvalue weighted by Gasteiger charge is 2.29. The minimum atomic E-state index is -0.0446. The van der Waals surface area contributed by atoms with E-state index < -0.39 is 0 Å². The maximum absolute atomic E-state index is 13.5. The van der Waals surface area contributed by atoms with Gasteiger partial charge in [0.05, 0.1) is 6.04 Å². The lowest BCUT2D eigenvalue weighted by Crippen LogP contribution is -2.40. The van der Waals surface area contributed by atoms with Crippen molar-refractivity contribution >= 4 is 17.8 Å². The molecule has 1 N–H and O–H groups in total. The van der Waals surface area contributed by atoms with Crippen LogP contribution in [0.3, 0.4) is 0 Å². The number of fused-ring (bicyclic) bond motifs is 1. The minimum Gasteiger partial charge on any atom is -0.314 e. The summed E-state index contributed by atoms with van der Waals surface area (Å²) in [6.07, 6.45) is 7.34. The van der Waals surface area contributed by atoms with Crippen LogP contribution >= 0.6 is 0 Å². The molecule has 1 aliphatic rings. The monoisotopic (exact) mass is 410 g/mol. The normalized spacial score (nSPS) is 15.5. The molecule has 0 saturated heterocycles. The fraction of sp³-hybridized carbons (Fsp3) is 0.250. The summed E-state index contributed by atoms with van der Waals surface area (Å²) >= 11 is 0. The van der Waals surface area contributed by atoms with Gasteiger partial charge in [-0.3, -0.25) is 0 Å². The molecule has 1 unspecified atom stereocenters. The van der Waals surface area contributed by atoms with E-state index in [0.29, 0.717) is 6.54 Å². The van der Waals surface area contributed by atoms with Crippen molar-refractivity contribution in [2.75, 3.05) is 11.9 Å². The number of carbonyl (C=O) groups is 1. The third-order valence-electron chi connectivity index (χ3n) is 6.10. The predicted octanol–water partition coefficient (Wildman–Crippen LogP) is 6.93. The van der Waals surface area contributed by atoms with Gasteiger partial charge in [-0.15, -0.1) is 0 Å². The van der Waals surface area contributed by atoms with E-state index in [9.17, 15) is 4.79 Å². The van der Waals surface area contributed by atoms with Crippen molar-refractivity contribution in [2.24, 2.45) is 0 Å². The molecule has 3 aromatic carbocycles. The zero-order valence-corrected chi connectivity index (χ0v) is 18.3. The number of carbonyl (C=O) groups excluding carboxylic acids is 1. The average molecular weight is 411 g/mol. The Kier molecular flexibility index (Phi) is 6.51. The summed E-state index contributed by atoms with van der Waals surface area (Å²) < 4.78 is 0. The average Bonchev–Trinajstić information content (AvgIpc) is 2.80. The highest BCUT2D eigenvalue weighted by Crippen LogP contribution is 2.35. The molecule has 1 aliphatic carbocycles.